The number of halogens is 2. The molecule has 2 atom stereocenters. The van der Waals surface area contributed by atoms with Gasteiger partial charge in [-0.1, -0.05) is 42.0 Å². The molecule has 0 spiro atoms. The van der Waals surface area contributed by atoms with E-state index in [1.807, 2.05) is 36.1 Å². The third kappa shape index (κ3) is 3.17. The average molecular weight is 406 g/mol. The van der Waals surface area contributed by atoms with Crippen LogP contribution >= 0.6 is 24.0 Å². The number of rotatable bonds is 4. The summed E-state index contributed by atoms with van der Waals surface area (Å²) in [6.07, 6.45) is 0. The van der Waals surface area contributed by atoms with E-state index in [0.29, 0.717) is 10.9 Å². The highest BCUT2D eigenvalue weighted by molar-refractivity contribution is 7.99. The van der Waals surface area contributed by atoms with Gasteiger partial charge in [0.15, 0.2) is 5.11 Å². The van der Waals surface area contributed by atoms with Crippen molar-refractivity contribution in [3.8, 4) is 5.75 Å². The standard InChI is InChI=1S/C19H16F2N2O2S2/c1-11-6-8-12(9-7-11)17-23-14(10-27-17)16(24)22(19(23)26)13-4-2-3-5-15(13)25-18(20)21/h2-9,14,17-18H,10H2,1H3/t14-,17-/m0/s1. The number of ether oxygens (including phenoxy) is 1. The Hall–Kier alpha value is -2.19. The fourth-order valence-corrected chi connectivity index (χ4v) is 5.25. The summed E-state index contributed by atoms with van der Waals surface area (Å²) in [6.45, 7) is -0.965. The Balaban J connectivity index is 1.68. The first-order chi connectivity index (χ1) is 13.0. The highest BCUT2D eigenvalue weighted by Gasteiger charge is 2.51. The van der Waals surface area contributed by atoms with Gasteiger partial charge in [-0.2, -0.15) is 8.78 Å². The van der Waals surface area contributed by atoms with Crippen molar-refractivity contribution in [1.82, 2.24) is 4.90 Å². The van der Waals surface area contributed by atoms with Crippen molar-refractivity contribution < 1.29 is 18.3 Å². The normalized spacial score (nSPS) is 21.9. The van der Waals surface area contributed by atoms with Crippen molar-refractivity contribution in [2.75, 3.05) is 10.7 Å². The number of aryl methyl sites for hydroxylation is 1. The van der Waals surface area contributed by atoms with Crippen molar-refractivity contribution in [1.29, 1.82) is 0 Å². The molecular weight excluding hydrogens is 390 g/mol. The number of fused-ring (bicyclic) bond motifs is 1. The summed E-state index contributed by atoms with van der Waals surface area (Å²) < 4.78 is 30.1. The lowest BCUT2D eigenvalue weighted by Crippen LogP contribution is -2.34. The van der Waals surface area contributed by atoms with Gasteiger partial charge in [0.1, 0.15) is 17.2 Å². The Labute approximate surface area is 165 Å². The summed E-state index contributed by atoms with van der Waals surface area (Å²) in [7, 11) is 0. The maximum Gasteiger partial charge on any atom is 0.387 e. The Bertz CT molecular complexity index is 892. The van der Waals surface area contributed by atoms with Crippen LogP contribution in [0.4, 0.5) is 14.5 Å². The van der Waals surface area contributed by atoms with Gasteiger partial charge in [0.2, 0.25) is 0 Å². The van der Waals surface area contributed by atoms with Crippen LogP contribution < -0.4 is 9.64 Å². The minimum absolute atomic E-state index is 0.0658. The molecule has 2 heterocycles. The number of hydrogen-bond donors (Lipinski definition) is 0. The summed E-state index contributed by atoms with van der Waals surface area (Å²) >= 11 is 7.24. The van der Waals surface area contributed by atoms with Crippen LogP contribution in [0.15, 0.2) is 48.5 Å². The highest BCUT2D eigenvalue weighted by atomic mass is 32.2. The Morgan fingerprint density at radius 2 is 1.89 bits per heavy atom. The summed E-state index contributed by atoms with van der Waals surface area (Å²) in [5, 5.41) is 0.228. The van der Waals surface area contributed by atoms with Gasteiger partial charge in [0, 0.05) is 5.75 Å². The Morgan fingerprint density at radius 1 is 1.19 bits per heavy atom. The molecule has 4 rings (SSSR count). The number of benzene rings is 2. The van der Waals surface area contributed by atoms with E-state index in [-0.39, 0.29) is 22.7 Å². The van der Waals surface area contributed by atoms with Crippen molar-refractivity contribution in [2.45, 2.75) is 25.0 Å². The molecule has 2 aliphatic heterocycles. The first kappa shape index (κ1) is 18.2. The average Bonchev–Trinajstić information content (AvgIpc) is 3.17. The quantitative estimate of drug-likeness (QED) is 0.706. The van der Waals surface area contributed by atoms with Crippen LogP contribution in [0.3, 0.4) is 0 Å². The van der Waals surface area contributed by atoms with Crippen molar-refractivity contribution in [2.24, 2.45) is 0 Å². The van der Waals surface area contributed by atoms with E-state index in [1.165, 1.54) is 11.0 Å². The molecule has 4 nitrogen and oxygen atoms in total. The third-order valence-corrected chi connectivity index (χ3v) is 6.32. The number of anilines is 1. The summed E-state index contributed by atoms with van der Waals surface area (Å²) in [6, 6.07) is 13.9. The molecule has 2 aliphatic rings. The van der Waals surface area contributed by atoms with E-state index in [1.54, 1.807) is 30.0 Å². The molecule has 0 unspecified atom stereocenters. The Kier molecular flexibility index (Phi) is 4.77. The number of thioether (sulfide) groups is 1. The molecule has 0 N–H and O–H groups in total. The SMILES string of the molecule is Cc1ccc([C@@H]2SC[C@H]3C(=O)N(c4ccccc4OC(F)F)C(=S)N32)cc1. The fraction of sp³-hybridized carbons (Fsp3) is 0.263. The molecule has 0 saturated carbocycles. The number of hydrogen-bond acceptors (Lipinski definition) is 4. The first-order valence-corrected chi connectivity index (χ1v) is 9.81. The largest absolute Gasteiger partial charge is 0.433 e. The molecule has 140 valence electrons. The number of para-hydroxylation sites is 2. The lowest BCUT2D eigenvalue weighted by molar-refractivity contribution is -0.119. The summed E-state index contributed by atoms with van der Waals surface area (Å²) in [5.41, 5.74) is 2.45. The fourth-order valence-electron chi connectivity index (χ4n) is 3.34. The predicted octanol–water partition coefficient (Wildman–Crippen LogP) is 4.34. The topological polar surface area (TPSA) is 32.8 Å². The molecule has 2 aromatic rings. The van der Waals surface area contributed by atoms with Crippen LogP contribution in [0.5, 0.6) is 5.75 Å². The van der Waals surface area contributed by atoms with Crippen molar-refractivity contribution in [3.05, 3.63) is 59.7 Å². The number of carbonyl (C=O) groups excluding carboxylic acids is 1. The molecule has 2 saturated heterocycles. The van der Waals surface area contributed by atoms with E-state index in [0.717, 1.165) is 11.1 Å². The number of thiocarbonyl (C=S) groups is 1. The monoisotopic (exact) mass is 406 g/mol. The van der Waals surface area contributed by atoms with Gasteiger partial charge in [-0.25, -0.2) is 0 Å². The smallest absolute Gasteiger partial charge is 0.387 e. The predicted molar refractivity (Wildman–Crippen MR) is 105 cm³/mol. The van der Waals surface area contributed by atoms with Crippen LogP contribution in [0.25, 0.3) is 0 Å². The van der Waals surface area contributed by atoms with Crippen LogP contribution in [-0.4, -0.2) is 34.3 Å². The number of carbonyl (C=O) groups is 1. The second kappa shape index (κ2) is 7.09. The van der Waals surface area contributed by atoms with Crippen LogP contribution in [0.2, 0.25) is 0 Å². The van der Waals surface area contributed by atoms with Crippen LogP contribution in [-0.2, 0) is 4.79 Å². The van der Waals surface area contributed by atoms with Gasteiger partial charge in [-0.05, 0) is 36.8 Å². The van der Waals surface area contributed by atoms with Gasteiger partial charge in [-0.3, -0.25) is 9.69 Å². The summed E-state index contributed by atoms with van der Waals surface area (Å²) in [4.78, 5) is 16.2. The zero-order chi connectivity index (χ0) is 19.1. The second-order valence-corrected chi connectivity index (χ2v) is 7.80. The zero-order valence-electron chi connectivity index (χ0n) is 14.3. The number of amides is 1. The molecule has 0 aliphatic carbocycles. The molecule has 0 radical (unpaired) electrons. The second-order valence-electron chi connectivity index (χ2n) is 6.32. The minimum Gasteiger partial charge on any atom is -0.433 e. The van der Waals surface area contributed by atoms with Crippen molar-refractivity contribution in [3.63, 3.8) is 0 Å². The van der Waals surface area contributed by atoms with E-state index < -0.39 is 12.7 Å². The highest BCUT2D eigenvalue weighted by Crippen LogP contribution is 2.47. The van der Waals surface area contributed by atoms with E-state index >= 15 is 0 Å². The molecule has 0 aromatic heterocycles. The van der Waals surface area contributed by atoms with Gasteiger partial charge in [0.05, 0.1) is 5.69 Å². The molecule has 0 bridgehead atoms. The van der Waals surface area contributed by atoms with Crippen molar-refractivity contribution >= 4 is 40.7 Å². The van der Waals surface area contributed by atoms with Gasteiger partial charge < -0.3 is 9.64 Å². The molecule has 2 aromatic carbocycles. The van der Waals surface area contributed by atoms with Gasteiger partial charge >= 0.3 is 6.61 Å². The van der Waals surface area contributed by atoms with E-state index in [4.69, 9.17) is 12.2 Å². The lowest BCUT2D eigenvalue weighted by Gasteiger charge is -2.26. The first-order valence-electron chi connectivity index (χ1n) is 8.35. The maximum absolute atomic E-state index is 13.0. The maximum atomic E-state index is 13.0. The number of nitrogens with zero attached hydrogens (tertiary/aromatic N) is 2. The molecule has 8 heteroatoms. The molecule has 27 heavy (non-hydrogen) atoms. The lowest BCUT2D eigenvalue weighted by atomic mass is 10.1. The molecular formula is C19H16F2N2O2S2. The molecule has 2 fully saturated rings. The van der Waals surface area contributed by atoms with E-state index in [2.05, 4.69) is 4.74 Å². The zero-order valence-corrected chi connectivity index (χ0v) is 16.0. The Morgan fingerprint density at radius 3 is 2.59 bits per heavy atom. The third-order valence-electron chi connectivity index (χ3n) is 4.60. The van der Waals surface area contributed by atoms with Gasteiger partial charge in [0.25, 0.3) is 5.91 Å². The van der Waals surface area contributed by atoms with Crippen LogP contribution in [0.1, 0.15) is 16.5 Å². The van der Waals surface area contributed by atoms with E-state index in [9.17, 15) is 13.6 Å². The minimum atomic E-state index is -2.98. The van der Waals surface area contributed by atoms with Gasteiger partial charge in [-0.15, -0.1) is 11.8 Å². The van der Waals surface area contributed by atoms with Crippen LogP contribution in [0, 0.1) is 6.92 Å². The molecule has 1 amide bonds. The number of alkyl halides is 2. The summed E-state index contributed by atoms with van der Waals surface area (Å²) in [5.74, 6) is 0.308.